The number of nitrogens with two attached hydrogens (primary N) is 1. The zero-order valence-corrected chi connectivity index (χ0v) is 8.34. The fraction of sp³-hybridized carbons (Fsp3) is 0.333. The fourth-order valence-electron chi connectivity index (χ4n) is 1.02. The molecule has 0 aliphatic rings. The lowest BCUT2D eigenvalue weighted by Gasteiger charge is -2.06. The van der Waals surface area contributed by atoms with Gasteiger partial charge in [0.25, 0.3) is 0 Å². The van der Waals surface area contributed by atoms with Crippen LogP contribution in [0.4, 0.5) is 0 Å². The summed E-state index contributed by atoms with van der Waals surface area (Å²) in [6.07, 6.45) is -1.27. The second kappa shape index (κ2) is 5.29. The molecular formula is C9H12N2O5. The number of rotatable bonds is 6. The van der Waals surface area contributed by atoms with E-state index in [9.17, 15) is 9.59 Å². The predicted molar refractivity (Wildman–Crippen MR) is 52.6 cm³/mol. The molecule has 0 saturated heterocycles. The monoisotopic (exact) mass is 228 g/mol. The van der Waals surface area contributed by atoms with E-state index in [-0.39, 0.29) is 18.8 Å². The van der Waals surface area contributed by atoms with Crippen LogP contribution in [0.2, 0.25) is 0 Å². The molecule has 1 amide bonds. The smallest absolute Gasteiger partial charge is 0.371 e. The van der Waals surface area contributed by atoms with Crippen LogP contribution in [0.1, 0.15) is 16.3 Å². The highest BCUT2D eigenvalue weighted by molar-refractivity contribution is 5.84. The Kier molecular flexibility index (Phi) is 4.03. The number of carbonyl (C=O) groups excluding carboxylic acids is 1. The maximum atomic E-state index is 10.5. The molecule has 1 atom stereocenters. The van der Waals surface area contributed by atoms with Crippen molar-refractivity contribution >= 4 is 11.9 Å². The normalized spacial score (nSPS) is 12.3. The number of furan rings is 1. The van der Waals surface area contributed by atoms with Crippen molar-refractivity contribution in [2.75, 3.05) is 6.54 Å². The second-order valence-corrected chi connectivity index (χ2v) is 3.12. The average molecular weight is 228 g/mol. The minimum absolute atomic E-state index is 0.0154. The van der Waals surface area contributed by atoms with Crippen molar-refractivity contribution in [3.05, 3.63) is 23.7 Å². The topological polar surface area (TPSA) is 126 Å². The van der Waals surface area contributed by atoms with Crippen LogP contribution in [0, 0.1) is 0 Å². The Bertz CT molecular complexity index is 387. The fourth-order valence-corrected chi connectivity index (χ4v) is 1.02. The third kappa shape index (κ3) is 3.37. The van der Waals surface area contributed by atoms with E-state index >= 15 is 0 Å². The van der Waals surface area contributed by atoms with E-state index < -0.39 is 18.0 Å². The van der Waals surface area contributed by atoms with Crippen molar-refractivity contribution in [1.29, 1.82) is 0 Å². The molecule has 16 heavy (non-hydrogen) atoms. The molecule has 0 aliphatic carbocycles. The minimum atomic E-state index is -1.27. The Balaban J connectivity index is 2.37. The number of aliphatic hydroxyl groups excluding tert-OH is 1. The van der Waals surface area contributed by atoms with Gasteiger partial charge in [-0.3, -0.25) is 4.79 Å². The predicted octanol–water partition coefficient (Wildman–Crippen LogP) is -1.09. The second-order valence-electron chi connectivity index (χ2n) is 3.12. The van der Waals surface area contributed by atoms with Gasteiger partial charge in [-0.25, -0.2) is 4.79 Å². The van der Waals surface area contributed by atoms with Gasteiger partial charge in [-0.05, 0) is 12.1 Å². The standard InChI is InChI=1S/C9H12N2O5/c10-8(13)6(12)4-11-3-5-1-2-7(16-5)9(14)15/h1-2,6,11-12H,3-4H2,(H2,10,13)(H,14,15). The number of carboxylic acid groups (broad SMARTS) is 1. The lowest BCUT2D eigenvalue weighted by Crippen LogP contribution is -2.37. The largest absolute Gasteiger partial charge is 0.475 e. The van der Waals surface area contributed by atoms with Gasteiger partial charge in [0.2, 0.25) is 11.7 Å². The van der Waals surface area contributed by atoms with Gasteiger partial charge in [-0.1, -0.05) is 0 Å². The summed E-state index contributed by atoms with van der Waals surface area (Å²) < 4.78 is 4.93. The average Bonchev–Trinajstić information content (AvgIpc) is 2.66. The van der Waals surface area contributed by atoms with Crippen LogP contribution in [-0.4, -0.2) is 34.7 Å². The van der Waals surface area contributed by atoms with E-state index in [0.717, 1.165) is 0 Å². The number of carbonyl (C=O) groups is 2. The van der Waals surface area contributed by atoms with Crippen molar-refractivity contribution in [2.45, 2.75) is 12.6 Å². The Morgan fingerprint density at radius 2 is 2.19 bits per heavy atom. The molecular weight excluding hydrogens is 216 g/mol. The Hall–Kier alpha value is -1.86. The quantitative estimate of drug-likeness (QED) is 0.490. The van der Waals surface area contributed by atoms with E-state index in [1.165, 1.54) is 12.1 Å². The highest BCUT2D eigenvalue weighted by Crippen LogP contribution is 2.07. The molecule has 1 rings (SSSR count). The first-order chi connectivity index (χ1) is 7.50. The summed E-state index contributed by atoms with van der Waals surface area (Å²) >= 11 is 0. The number of aromatic carboxylic acids is 1. The summed E-state index contributed by atoms with van der Waals surface area (Å²) in [5.74, 6) is -1.73. The first-order valence-electron chi connectivity index (χ1n) is 4.51. The Labute approximate surface area is 90.9 Å². The van der Waals surface area contributed by atoms with Crippen LogP contribution in [0.5, 0.6) is 0 Å². The minimum Gasteiger partial charge on any atom is -0.475 e. The van der Waals surface area contributed by atoms with Crippen LogP contribution in [0.3, 0.4) is 0 Å². The van der Waals surface area contributed by atoms with Gasteiger partial charge >= 0.3 is 5.97 Å². The number of hydrogen-bond acceptors (Lipinski definition) is 5. The molecule has 1 aromatic heterocycles. The molecule has 5 N–H and O–H groups in total. The third-order valence-corrected chi connectivity index (χ3v) is 1.84. The molecule has 7 heteroatoms. The Morgan fingerprint density at radius 3 is 2.69 bits per heavy atom. The molecule has 1 heterocycles. The highest BCUT2D eigenvalue weighted by atomic mass is 16.4. The van der Waals surface area contributed by atoms with Gasteiger partial charge in [0, 0.05) is 6.54 Å². The van der Waals surface area contributed by atoms with Crippen molar-refractivity contribution in [3.8, 4) is 0 Å². The van der Waals surface area contributed by atoms with E-state index in [0.29, 0.717) is 5.76 Å². The van der Waals surface area contributed by atoms with Crippen LogP contribution in [-0.2, 0) is 11.3 Å². The van der Waals surface area contributed by atoms with Gasteiger partial charge in [-0.2, -0.15) is 0 Å². The third-order valence-electron chi connectivity index (χ3n) is 1.84. The number of amides is 1. The number of aliphatic hydroxyl groups is 1. The van der Waals surface area contributed by atoms with Gasteiger partial charge in [0.15, 0.2) is 0 Å². The molecule has 0 aliphatic heterocycles. The Morgan fingerprint density at radius 1 is 1.50 bits per heavy atom. The van der Waals surface area contributed by atoms with Gasteiger partial charge in [0.1, 0.15) is 11.9 Å². The number of carboxylic acids is 1. The van der Waals surface area contributed by atoms with E-state index in [4.69, 9.17) is 20.4 Å². The van der Waals surface area contributed by atoms with Gasteiger partial charge in [-0.15, -0.1) is 0 Å². The molecule has 0 bridgehead atoms. The summed E-state index contributed by atoms with van der Waals surface area (Å²) in [6.45, 7) is 0.191. The van der Waals surface area contributed by atoms with Gasteiger partial charge < -0.3 is 25.7 Å². The van der Waals surface area contributed by atoms with Crippen LogP contribution < -0.4 is 11.1 Å². The molecule has 0 fully saturated rings. The number of primary amides is 1. The highest BCUT2D eigenvalue weighted by Gasteiger charge is 2.11. The van der Waals surface area contributed by atoms with Crippen molar-refractivity contribution in [2.24, 2.45) is 5.73 Å². The summed E-state index contributed by atoms with van der Waals surface area (Å²) in [4.78, 5) is 20.9. The summed E-state index contributed by atoms with van der Waals surface area (Å²) in [7, 11) is 0. The van der Waals surface area contributed by atoms with Crippen molar-refractivity contribution < 1.29 is 24.2 Å². The summed E-state index contributed by atoms with van der Waals surface area (Å²) in [5, 5.41) is 20.3. The SMILES string of the molecule is NC(=O)C(O)CNCc1ccc(C(=O)O)o1. The van der Waals surface area contributed by atoms with Crippen molar-refractivity contribution in [3.63, 3.8) is 0 Å². The number of nitrogens with one attached hydrogen (secondary N) is 1. The summed E-state index contributed by atoms with van der Waals surface area (Å²) in [5.41, 5.74) is 4.83. The first kappa shape index (κ1) is 12.2. The molecule has 1 unspecified atom stereocenters. The van der Waals surface area contributed by atoms with E-state index in [1.807, 2.05) is 0 Å². The molecule has 0 saturated carbocycles. The van der Waals surface area contributed by atoms with Gasteiger partial charge in [0.05, 0.1) is 6.54 Å². The van der Waals surface area contributed by atoms with Crippen LogP contribution in [0.15, 0.2) is 16.5 Å². The van der Waals surface area contributed by atoms with Crippen LogP contribution >= 0.6 is 0 Å². The lowest BCUT2D eigenvalue weighted by molar-refractivity contribution is -0.125. The molecule has 88 valence electrons. The van der Waals surface area contributed by atoms with Crippen LogP contribution in [0.25, 0.3) is 0 Å². The molecule has 0 spiro atoms. The summed E-state index contributed by atoms with van der Waals surface area (Å²) in [6, 6.07) is 2.82. The zero-order valence-electron chi connectivity index (χ0n) is 8.34. The maximum absolute atomic E-state index is 10.5. The first-order valence-corrected chi connectivity index (χ1v) is 4.51. The maximum Gasteiger partial charge on any atom is 0.371 e. The molecule has 1 aromatic rings. The zero-order chi connectivity index (χ0) is 12.1. The van der Waals surface area contributed by atoms with E-state index in [2.05, 4.69) is 5.32 Å². The van der Waals surface area contributed by atoms with E-state index in [1.54, 1.807) is 0 Å². The van der Waals surface area contributed by atoms with Crippen molar-refractivity contribution in [1.82, 2.24) is 5.32 Å². The lowest BCUT2D eigenvalue weighted by atomic mass is 10.3. The molecule has 0 radical (unpaired) electrons. The molecule has 7 nitrogen and oxygen atoms in total. The molecule has 0 aromatic carbocycles. The number of hydrogen-bond donors (Lipinski definition) is 4.